The number of hydrogen-bond donors (Lipinski definition) is 1. The topological polar surface area (TPSA) is 72.9 Å². The van der Waals surface area contributed by atoms with Gasteiger partial charge in [0.2, 0.25) is 0 Å². The van der Waals surface area contributed by atoms with Crippen LogP contribution in [0.2, 0.25) is 0 Å². The highest BCUT2D eigenvalue weighted by molar-refractivity contribution is 5.95. The molecule has 1 N–H and O–H groups in total. The van der Waals surface area contributed by atoms with Gasteiger partial charge in [0.05, 0.1) is 31.2 Å². The van der Waals surface area contributed by atoms with Gasteiger partial charge in [-0.1, -0.05) is 6.07 Å². The number of nitrogens with one attached hydrogen (secondary N) is 1. The molecule has 0 unspecified atom stereocenters. The largest absolute Gasteiger partial charge is 0.573 e. The molecule has 1 aliphatic rings. The van der Waals surface area contributed by atoms with Gasteiger partial charge in [-0.2, -0.15) is 0 Å². The van der Waals surface area contributed by atoms with E-state index in [-0.39, 0.29) is 11.7 Å². The first kappa shape index (κ1) is 24.2. The zero-order valence-corrected chi connectivity index (χ0v) is 19.1. The van der Waals surface area contributed by atoms with Gasteiger partial charge < -0.3 is 24.4 Å². The first-order valence-electron chi connectivity index (χ1n) is 10.9. The maximum Gasteiger partial charge on any atom is 0.573 e. The molecule has 2 heterocycles. The summed E-state index contributed by atoms with van der Waals surface area (Å²) < 4.78 is 51.9. The molecule has 0 aliphatic carbocycles. The number of alkyl halides is 3. The number of nitrogens with zero attached hydrogens (tertiary/aromatic N) is 2. The molecule has 4 rings (SSSR count). The minimum absolute atomic E-state index is 0.141. The van der Waals surface area contributed by atoms with Crippen LogP contribution in [0.15, 0.2) is 60.9 Å². The fraction of sp³-hybridized carbons (Fsp3) is 0.280. The van der Waals surface area contributed by atoms with Crippen molar-refractivity contribution in [1.29, 1.82) is 0 Å². The highest BCUT2D eigenvalue weighted by Gasteiger charge is 2.31. The van der Waals surface area contributed by atoms with E-state index in [1.807, 2.05) is 30.1 Å². The van der Waals surface area contributed by atoms with Crippen molar-refractivity contribution in [1.82, 2.24) is 4.98 Å². The Labute approximate surface area is 200 Å². The summed E-state index contributed by atoms with van der Waals surface area (Å²) in [5.41, 5.74) is 3.56. The van der Waals surface area contributed by atoms with Crippen molar-refractivity contribution in [2.45, 2.75) is 18.7 Å². The molecule has 10 heteroatoms. The molecule has 0 radical (unpaired) electrons. The number of carbonyl (C=O) groups is 1. The van der Waals surface area contributed by atoms with Crippen LogP contribution < -0.4 is 19.7 Å². The molecule has 0 amide bonds. The van der Waals surface area contributed by atoms with Gasteiger partial charge in [-0.05, 0) is 48.4 Å². The van der Waals surface area contributed by atoms with Crippen LogP contribution in [0.4, 0.5) is 30.2 Å². The molecule has 0 bridgehead atoms. The zero-order chi connectivity index (χ0) is 25.0. The summed E-state index contributed by atoms with van der Waals surface area (Å²) in [6.45, 7) is 1.11. The van der Waals surface area contributed by atoms with Gasteiger partial charge in [0.25, 0.3) is 0 Å². The van der Waals surface area contributed by atoms with E-state index >= 15 is 0 Å². The van der Waals surface area contributed by atoms with Crippen molar-refractivity contribution in [3.05, 3.63) is 72.1 Å². The molecule has 1 aromatic heterocycles. The first-order chi connectivity index (χ1) is 16.7. The van der Waals surface area contributed by atoms with Gasteiger partial charge in [0, 0.05) is 43.1 Å². The molecule has 184 valence electrons. The van der Waals surface area contributed by atoms with E-state index in [9.17, 15) is 18.0 Å². The molecule has 1 atom stereocenters. The Morgan fingerprint density at radius 1 is 1.17 bits per heavy atom. The van der Waals surface area contributed by atoms with E-state index in [0.29, 0.717) is 30.1 Å². The number of methoxy groups -OCH3 is 1. The third-order valence-electron chi connectivity index (χ3n) is 5.77. The van der Waals surface area contributed by atoms with Gasteiger partial charge in [-0.25, -0.2) is 4.79 Å². The summed E-state index contributed by atoms with van der Waals surface area (Å²) in [6.07, 6.45) is -0.804. The van der Waals surface area contributed by atoms with Gasteiger partial charge in [0.15, 0.2) is 0 Å². The van der Waals surface area contributed by atoms with E-state index in [0.717, 1.165) is 23.4 Å². The van der Waals surface area contributed by atoms with Gasteiger partial charge >= 0.3 is 12.3 Å². The minimum atomic E-state index is -4.73. The monoisotopic (exact) mass is 487 g/mol. The number of esters is 1. The van der Waals surface area contributed by atoms with Crippen LogP contribution in [0, 0.1) is 0 Å². The number of carbonyl (C=O) groups excluding carboxylic acids is 1. The lowest BCUT2D eigenvalue weighted by atomic mass is 9.92. The SMILES string of the molecule is COC(=O)c1ccncc1NC[C@@H]1CCOc2cc(N(C)c3ccc(OC(F)(F)F)cc3)ccc21. The average molecular weight is 487 g/mol. The Bertz CT molecular complexity index is 1190. The summed E-state index contributed by atoms with van der Waals surface area (Å²) in [5, 5.41) is 3.30. The van der Waals surface area contributed by atoms with Gasteiger partial charge in [-0.15, -0.1) is 13.2 Å². The Kier molecular flexibility index (Phi) is 6.99. The molecule has 0 spiro atoms. The molecule has 0 saturated carbocycles. The number of aromatic nitrogens is 1. The fourth-order valence-electron chi connectivity index (χ4n) is 3.95. The molecule has 7 nitrogen and oxygen atoms in total. The summed E-state index contributed by atoms with van der Waals surface area (Å²) in [5.74, 6) is 0.169. The number of anilines is 3. The average Bonchev–Trinajstić information content (AvgIpc) is 2.86. The molecule has 35 heavy (non-hydrogen) atoms. The number of fused-ring (bicyclic) bond motifs is 1. The molecular weight excluding hydrogens is 463 g/mol. The fourth-order valence-corrected chi connectivity index (χ4v) is 3.95. The van der Waals surface area contributed by atoms with Crippen LogP contribution in [0.5, 0.6) is 11.5 Å². The number of ether oxygens (including phenoxy) is 3. The van der Waals surface area contributed by atoms with Crippen molar-refractivity contribution in [2.75, 3.05) is 37.5 Å². The maximum atomic E-state index is 12.4. The van der Waals surface area contributed by atoms with Gasteiger partial charge in [0.1, 0.15) is 11.5 Å². The summed E-state index contributed by atoms with van der Waals surface area (Å²) in [6, 6.07) is 13.1. The lowest BCUT2D eigenvalue weighted by Gasteiger charge is -2.28. The smallest absolute Gasteiger partial charge is 0.493 e. The van der Waals surface area contributed by atoms with Crippen LogP contribution >= 0.6 is 0 Å². The lowest BCUT2D eigenvalue weighted by molar-refractivity contribution is -0.274. The Morgan fingerprint density at radius 2 is 1.91 bits per heavy atom. The normalized spacial score (nSPS) is 14.9. The molecule has 0 saturated heterocycles. The van der Waals surface area contributed by atoms with Crippen LogP contribution in [-0.2, 0) is 4.74 Å². The van der Waals surface area contributed by atoms with Crippen LogP contribution in [0.1, 0.15) is 28.3 Å². The number of benzene rings is 2. The van der Waals surface area contributed by atoms with E-state index in [1.54, 1.807) is 24.4 Å². The first-order valence-corrected chi connectivity index (χ1v) is 10.9. The summed E-state index contributed by atoms with van der Waals surface area (Å²) in [4.78, 5) is 17.9. The Morgan fingerprint density at radius 3 is 2.63 bits per heavy atom. The minimum Gasteiger partial charge on any atom is -0.493 e. The second-order valence-electron chi connectivity index (χ2n) is 7.95. The van der Waals surface area contributed by atoms with E-state index in [1.165, 1.54) is 25.4 Å². The molecular formula is C25H24F3N3O4. The molecule has 0 fully saturated rings. The molecule has 1 aliphatic heterocycles. The second-order valence-corrected chi connectivity index (χ2v) is 7.95. The van der Waals surface area contributed by atoms with Crippen LogP contribution in [-0.4, -0.2) is 44.6 Å². The van der Waals surface area contributed by atoms with Crippen LogP contribution in [0.3, 0.4) is 0 Å². The number of hydrogen-bond acceptors (Lipinski definition) is 7. The number of halogens is 3. The summed E-state index contributed by atoms with van der Waals surface area (Å²) in [7, 11) is 3.15. The molecule has 3 aromatic rings. The number of pyridine rings is 1. The van der Waals surface area contributed by atoms with Crippen molar-refractivity contribution >= 4 is 23.0 Å². The van der Waals surface area contributed by atoms with Gasteiger partial charge in [-0.3, -0.25) is 4.98 Å². The lowest BCUT2D eigenvalue weighted by Crippen LogP contribution is -2.22. The standard InChI is InChI=1S/C25H24F3N3O4/c1-31(17-3-6-19(7-4-17)35-25(26,27)28)18-5-8-20-16(10-12-34-23(20)13-18)14-30-22-15-29-11-9-21(22)24(32)33-2/h3-9,11,13,15-16,30H,10,12,14H2,1-2H3/t16-/m0/s1. The van der Waals surface area contributed by atoms with Crippen molar-refractivity contribution < 1.29 is 32.2 Å². The Hall–Kier alpha value is -3.95. The van der Waals surface area contributed by atoms with Crippen molar-refractivity contribution in [3.63, 3.8) is 0 Å². The van der Waals surface area contributed by atoms with Crippen molar-refractivity contribution in [3.8, 4) is 11.5 Å². The highest BCUT2D eigenvalue weighted by atomic mass is 19.4. The third-order valence-corrected chi connectivity index (χ3v) is 5.77. The predicted molar refractivity (Wildman–Crippen MR) is 125 cm³/mol. The Balaban J connectivity index is 1.48. The molecule has 2 aromatic carbocycles. The number of rotatable bonds is 7. The van der Waals surface area contributed by atoms with E-state index in [4.69, 9.17) is 9.47 Å². The quantitative estimate of drug-likeness (QED) is 0.441. The maximum absolute atomic E-state index is 12.4. The van der Waals surface area contributed by atoms with Crippen molar-refractivity contribution in [2.24, 2.45) is 0 Å². The van der Waals surface area contributed by atoms with Crippen LogP contribution in [0.25, 0.3) is 0 Å². The second kappa shape index (κ2) is 10.1. The van der Waals surface area contributed by atoms with E-state index < -0.39 is 12.3 Å². The third kappa shape index (κ3) is 5.76. The predicted octanol–water partition coefficient (Wildman–Crippen LogP) is 5.51. The van der Waals surface area contributed by atoms with E-state index in [2.05, 4.69) is 15.0 Å². The summed E-state index contributed by atoms with van der Waals surface area (Å²) >= 11 is 0. The zero-order valence-electron chi connectivity index (χ0n) is 19.1. The highest BCUT2D eigenvalue weighted by Crippen LogP contribution is 2.38.